The van der Waals surface area contributed by atoms with Crippen LogP contribution in [0.2, 0.25) is 0 Å². The smallest absolute Gasteiger partial charge is 0.224 e. The van der Waals surface area contributed by atoms with Gasteiger partial charge in [0.15, 0.2) is 0 Å². The summed E-state index contributed by atoms with van der Waals surface area (Å²) in [6.07, 6.45) is 7.03. The Morgan fingerprint density at radius 1 is 1.30 bits per heavy atom. The second-order valence-electron chi connectivity index (χ2n) is 4.77. The molecule has 3 N–H and O–H groups in total. The molecule has 7 heteroatoms. The molecule has 1 aliphatic rings. The number of likely N-dealkylation sites (tertiary alicyclic amines) is 1. The van der Waals surface area contributed by atoms with Crippen LogP contribution in [0.15, 0.2) is 12.4 Å². The second kappa shape index (κ2) is 7.14. The van der Waals surface area contributed by atoms with Gasteiger partial charge in [-0.1, -0.05) is 12.2 Å². The first kappa shape index (κ1) is 14.6. The van der Waals surface area contributed by atoms with Gasteiger partial charge in [0.1, 0.15) is 16.5 Å². The van der Waals surface area contributed by atoms with E-state index in [9.17, 15) is 4.79 Å². The Morgan fingerprint density at radius 3 is 2.65 bits per heavy atom. The number of amides is 1. The highest BCUT2D eigenvalue weighted by Crippen LogP contribution is 2.10. The molecule has 2 heterocycles. The van der Waals surface area contributed by atoms with Crippen LogP contribution in [-0.2, 0) is 4.79 Å². The summed E-state index contributed by atoms with van der Waals surface area (Å²) in [6.45, 7) is 2.33. The van der Waals surface area contributed by atoms with Crippen molar-refractivity contribution in [1.29, 1.82) is 0 Å². The minimum atomic E-state index is 0.199. The number of piperidine rings is 1. The van der Waals surface area contributed by atoms with Gasteiger partial charge >= 0.3 is 0 Å². The maximum Gasteiger partial charge on any atom is 0.224 e. The van der Waals surface area contributed by atoms with Crippen LogP contribution in [0.4, 0.5) is 5.82 Å². The quantitative estimate of drug-likeness (QED) is 0.786. The summed E-state index contributed by atoms with van der Waals surface area (Å²) in [5.74, 6) is 0.821. The number of hydrogen-bond acceptors (Lipinski definition) is 5. The molecule has 0 saturated carbocycles. The van der Waals surface area contributed by atoms with Crippen LogP contribution in [0.3, 0.4) is 0 Å². The zero-order chi connectivity index (χ0) is 14.4. The summed E-state index contributed by atoms with van der Waals surface area (Å²) in [5.41, 5.74) is 5.94. The minimum Gasteiger partial charge on any atom is -0.388 e. The van der Waals surface area contributed by atoms with E-state index in [2.05, 4.69) is 15.3 Å². The fourth-order valence-electron chi connectivity index (χ4n) is 2.15. The number of nitrogens with two attached hydrogens (primary N) is 1. The average Bonchev–Trinajstić information content (AvgIpc) is 2.48. The standard InChI is InChI=1S/C13H19N5OS/c14-13(20)10-8-17-11(9-16-10)15-5-4-12(19)18-6-2-1-3-7-18/h8-9H,1-7H2,(H2,14,20)(H,15,17). The summed E-state index contributed by atoms with van der Waals surface area (Å²) < 4.78 is 0. The first-order valence-electron chi connectivity index (χ1n) is 6.80. The monoisotopic (exact) mass is 293 g/mol. The third-order valence-corrected chi connectivity index (χ3v) is 3.47. The van der Waals surface area contributed by atoms with Crippen LogP contribution in [0, 0.1) is 0 Å². The highest BCUT2D eigenvalue weighted by Gasteiger charge is 2.15. The van der Waals surface area contributed by atoms with Gasteiger partial charge in [-0.05, 0) is 19.3 Å². The number of rotatable bonds is 5. The molecule has 1 aliphatic heterocycles. The molecule has 0 atom stereocenters. The molecule has 20 heavy (non-hydrogen) atoms. The molecule has 0 radical (unpaired) electrons. The Morgan fingerprint density at radius 2 is 2.05 bits per heavy atom. The van der Waals surface area contributed by atoms with Crippen molar-refractivity contribution in [2.24, 2.45) is 5.73 Å². The van der Waals surface area contributed by atoms with Crippen LogP contribution in [0.5, 0.6) is 0 Å². The normalized spacial score (nSPS) is 14.9. The molecule has 1 aromatic rings. The fraction of sp³-hybridized carbons (Fsp3) is 0.538. The third-order valence-electron chi connectivity index (χ3n) is 3.26. The Bertz CT molecular complexity index is 470. The van der Waals surface area contributed by atoms with Crippen molar-refractivity contribution in [3.63, 3.8) is 0 Å². The highest BCUT2D eigenvalue weighted by atomic mass is 32.1. The van der Waals surface area contributed by atoms with Gasteiger partial charge in [0.05, 0.1) is 12.4 Å². The maximum atomic E-state index is 11.9. The SMILES string of the molecule is NC(=S)c1cnc(NCCC(=O)N2CCCCC2)cn1. The topological polar surface area (TPSA) is 84.1 Å². The first-order valence-corrected chi connectivity index (χ1v) is 7.21. The second-order valence-corrected chi connectivity index (χ2v) is 5.21. The molecule has 1 fully saturated rings. The van der Waals surface area contributed by atoms with Crippen LogP contribution in [0.25, 0.3) is 0 Å². The number of aromatic nitrogens is 2. The van der Waals surface area contributed by atoms with E-state index in [0.717, 1.165) is 25.9 Å². The van der Waals surface area contributed by atoms with E-state index in [-0.39, 0.29) is 10.9 Å². The number of carbonyl (C=O) groups excluding carboxylic acids is 1. The maximum absolute atomic E-state index is 11.9. The van der Waals surface area contributed by atoms with E-state index in [0.29, 0.717) is 24.5 Å². The predicted octanol–water partition coefficient (Wildman–Crippen LogP) is 0.925. The Hall–Kier alpha value is -1.76. The summed E-state index contributed by atoms with van der Waals surface area (Å²) in [5, 5.41) is 3.08. The van der Waals surface area contributed by atoms with E-state index < -0.39 is 0 Å². The van der Waals surface area contributed by atoms with Gasteiger partial charge in [0.2, 0.25) is 5.91 Å². The largest absolute Gasteiger partial charge is 0.388 e. The molecular formula is C13H19N5OS. The fourth-order valence-corrected chi connectivity index (χ4v) is 2.25. The molecule has 6 nitrogen and oxygen atoms in total. The molecular weight excluding hydrogens is 274 g/mol. The van der Waals surface area contributed by atoms with Crippen molar-refractivity contribution < 1.29 is 4.79 Å². The molecule has 2 rings (SSSR count). The number of hydrogen-bond donors (Lipinski definition) is 2. The average molecular weight is 293 g/mol. The van der Waals surface area contributed by atoms with Gasteiger partial charge in [0, 0.05) is 26.1 Å². The van der Waals surface area contributed by atoms with E-state index in [1.807, 2.05) is 4.90 Å². The molecule has 0 bridgehead atoms. The summed E-state index contributed by atoms with van der Waals surface area (Å²) in [7, 11) is 0. The van der Waals surface area contributed by atoms with Gasteiger partial charge in [-0.25, -0.2) is 9.97 Å². The lowest BCUT2D eigenvalue weighted by Crippen LogP contribution is -2.36. The summed E-state index contributed by atoms with van der Waals surface area (Å²) in [6, 6.07) is 0. The molecule has 0 aromatic carbocycles. The lowest BCUT2D eigenvalue weighted by Gasteiger charge is -2.26. The van der Waals surface area contributed by atoms with Gasteiger partial charge in [-0.2, -0.15) is 0 Å². The number of nitrogens with zero attached hydrogens (tertiary/aromatic N) is 3. The number of anilines is 1. The van der Waals surface area contributed by atoms with Crippen LogP contribution in [0.1, 0.15) is 31.4 Å². The van der Waals surface area contributed by atoms with Crippen LogP contribution >= 0.6 is 12.2 Å². The highest BCUT2D eigenvalue weighted by molar-refractivity contribution is 7.80. The zero-order valence-corrected chi connectivity index (χ0v) is 12.2. The van der Waals surface area contributed by atoms with Gasteiger partial charge < -0.3 is 16.0 Å². The van der Waals surface area contributed by atoms with Gasteiger partial charge in [-0.15, -0.1) is 0 Å². The van der Waals surface area contributed by atoms with Gasteiger partial charge in [0.25, 0.3) is 0 Å². The molecule has 0 spiro atoms. The lowest BCUT2D eigenvalue weighted by molar-refractivity contribution is -0.131. The summed E-state index contributed by atoms with van der Waals surface area (Å²) in [4.78, 5) is 22.3. The van der Waals surface area contributed by atoms with Crippen molar-refractivity contribution in [3.8, 4) is 0 Å². The van der Waals surface area contributed by atoms with Gasteiger partial charge in [-0.3, -0.25) is 4.79 Å². The molecule has 108 valence electrons. The molecule has 1 amide bonds. The third kappa shape index (κ3) is 4.12. The van der Waals surface area contributed by atoms with Crippen molar-refractivity contribution in [2.75, 3.05) is 25.0 Å². The Balaban J connectivity index is 1.74. The van der Waals surface area contributed by atoms with Crippen molar-refractivity contribution in [2.45, 2.75) is 25.7 Å². The number of nitrogens with one attached hydrogen (secondary N) is 1. The van der Waals surface area contributed by atoms with Crippen molar-refractivity contribution in [1.82, 2.24) is 14.9 Å². The molecule has 1 aromatic heterocycles. The number of thiocarbonyl (C=S) groups is 1. The minimum absolute atomic E-state index is 0.199. The zero-order valence-electron chi connectivity index (χ0n) is 11.3. The molecule has 1 saturated heterocycles. The van der Waals surface area contributed by atoms with Crippen molar-refractivity contribution in [3.05, 3.63) is 18.1 Å². The van der Waals surface area contributed by atoms with E-state index in [4.69, 9.17) is 18.0 Å². The lowest BCUT2D eigenvalue weighted by atomic mass is 10.1. The first-order chi connectivity index (χ1) is 9.66. The van der Waals surface area contributed by atoms with Crippen LogP contribution in [-0.4, -0.2) is 45.4 Å². The molecule has 0 aliphatic carbocycles. The Labute approximate surface area is 123 Å². The number of carbonyl (C=O) groups is 1. The van der Waals surface area contributed by atoms with E-state index in [1.54, 1.807) is 6.20 Å². The van der Waals surface area contributed by atoms with Crippen molar-refractivity contribution >= 4 is 28.9 Å². The molecule has 0 unspecified atom stereocenters. The predicted molar refractivity (Wildman–Crippen MR) is 81.5 cm³/mol. The van der Waals surface area contributed by atoms with E-state index >= 15 is 0 Å². The van der Waals surface area contributed by atoms with Crippen LogP contribution < -0.4 is 11.1 Å². The van der Waals surface area contributed by atoms with E-state index in [1.165, 1.54) is 12.6 Å². The Kier molecular flexibility index (Phi) is 5.23. The summed E-state index contributed by atoms with van der Waals surface area (Å²) >= 11 is 4.80.